The lowest BCUT2D eigenvalue weighted by Crippen LogP contribution is -2.41. The third kappa shape index (κ3) is 2.57. The molecule has 0 fully saturated rings. The molecule has 0 aromatic rings. The predicted octanol–water partition coefficient (Wildman–Crippen LogP) is -2.56. The Bertz CT molecular complexity index is 157. The van der Waals surface area contributed by atoms with E-state index in [0.29, 0.717) is 0 Å². The van der Waals surface area contributed by atoms with Crippen molar-refractivity contribution in [2.24, 2.45) is 0 Å². The van der Waals surface area contributed by atoms with Gasteiger partial charge in [0.25, 0.3) is 0 Å². The summed E-state index contributed by atoms with van der Waals surface area (Å²) in [5.41, 5.74) is 0. The second-order valence-electron chi connectivity index (χ2n) is 2.04. The van der Waals surface area contributed by atoms with Gasteiger partial charge in [-0.3, -0.25) is 4.79 Å². The second-order valence-corrected chi connectivity index (χ2v) is 2.04. The first-order valence-corrected chi connectivity index (χ1v) is 3.12. The summed E-state index contributed by atoms with van der Waals surface area (Å²) >= 11 is 0. The van der Waals surface area contributed by atoms with Crippen molar-refractivity contribution < 1.29 is 29.6 Å². The normalized spacial score (nSPS) is 15.0. The Morgan fingerprint density at radius 1 is 1.33 bits per heavy atom. The number of aliphatic hydroxyl groups excluding tert-OH is 3. The van der Waals surface area contributed by atoms with Crippen LogP contribution in [0.5, 0.6) is 0 Å². The maximum absolute atomic E-state index is 10.5. The molecule has 0 aromatic carbocycles. The summed E-state index contributed by atoms with van der Waals surface area (Å²) in [7, 11) is 1.00. The number of carbonyl (C=O) groups excluding carboxylic acids is 2. The molecule has 70 valence electrons. The molecule has 0 aliphatic rings. The van der Waals surface area contributed by atoms with Gasteiger partial charge in [0, 0.05) is 0 Å². The molecule has 2 atom stereocenters. The zero-order valence-corrected chi connectivity index (χ0v) is 6.43. The van der Waals surface area contributed by atoms with Gasteiger partial charge in [0.2, 0.25) is 0 Å². The third-order valence-corrected chi connectivity index (χ3v) is 1.23. The summed E-state index contributed by atoms with van der Waals surface area (Å²) in [6, 6.07) is 0. The Labute approximate surface area is 68.4 Å². The number of methoxy groups -OCH3 is 1. The zero-order chi connectivity index (χ0) is 9.72. The van der Waals surface area contributed by atoms with E-state index in [2.05, 4.69) is 4.74 Å². The largest absolute Gasteiger partial charge is 0.467 e. The first-order valence-electron chi connectivity index (χ1n) is 3.12. The Balaban J connectivity index is 4.18. The Kier molecular flexibility index (Phi) is 4.42. The smallest absolute Gasteiger partial charge is 0.337 e. The molecule has 0 saturated heterocycles. The maximum atomic E-state index is 10.5. The summed E-state index contributed by atoms with van der Waals surface area (Å²) < 4.78 is 4.04. The van der Waals surface area contributed by atoms with E-state index in [0.717, 1.165) is 7.11 Å². The van der Waals surface area contributed by atoms with Crippen LogP contribution in [-0.2, 0) is 14.3 Å². The van der Waals surface area contributed by atoms with Gasteiger partial charge >= 0.3 is 5.97 Å². The summed E-state index contributed by atoms with van der Waals surface area (Å²) in [4.78, 5) is 21.0. The quantitative estimate of drug-likeness (QED) is 0.409. The van der Waals surface area contributed by atoms with Crippen LogP contribution in [0.4, 0.5) is 0 Å². The summed E-state index contributed by atoms with van der Waals surface area (Å²) in [5, 5.41) is 25.9. The Morgan fingerprint density at radius 2 is 1.83 bits per heavy atom. The molecule has 0 bridgehead atoms. The van der Waals surface area contributed by atoms with Gasteiger partial charge in [-0.15, -0.1) is 0 Å². The molecular formula is C6H10O6. The molecule has 0 amide bonds. The standard InChI is InChI=1S/C6H10O6/c1-12-6(11)5(10)4(9)3(8)2-7/h4-5,7,9-10H,2H2,1H3. The van der Waals surface area contributed by atoms with Crippen molar-refractivity contribution in [3.05, 3.63) is 0 Å². The summed E-state index contributed by atoms with van der Waals surface area (Å²) in [6.07, 6.45) is -3.86. The maximum Gasteiger partial charge on any atom is 0.337 e. The van der Waals surface area contributed by atoms with Crippen LogP contribution in [0.2, 0.25) is 0 Å². The third-order valence-electron chi connectivity index (χ3n) is 1.23. The number of carbonyl (C=O) groups is 2. The van der Waals surface area contributed by atoms with Crippen LogP contribution in [-0.4, -0.2) is 53.0 Å². The Morgan fingerprint density at radius 3 is 2.17 bits per heavy atom. The van der Waals surface area contributed by atoms with Crippen LogP contribution in [0, 0.1) is 0 Å². The van der Waals surface area contributed by atoms with Crippen molar-refractivity contribution in [1.82, 2.24) is 0 Å². The number of ether oxygens (including phenoxy) is 1. The van der Waals surface area contributed by atoms with Crippen molar-refractivity contribution in [3.8, 4) is 0 Å². The van der Waals surface area contributed by atoms with Crippen LogP contribution in [0.25, 0.3) is 0 Å². The van der Waals surface area contributed by atoms with E-state index in [-0.39, 0.29) is 0 Å². The second kappa shape index (κ2) is 4.81. The molecule has 6 heteroatoms. The van der Waals surface area contributed by atoms with Crippen molar-refractivity contribution in [3.63, 3.8) is 0 Å². The lowest BCUT2D eigenvalue weighted by atomic mass is 10.1. The molecule has 3 N–H and O–H groups in total. The SMILES string of the molecule is COC(=O)C(O)C(O)C(=O)CO. The highest BCUT2D eigenvalue weighted by atomic mass is 16.5. The lowest BCUT2D eigenvalue weighted by molar-refractivity contribution is -0.161. The molecule has 0 aliphatic heterocycles. The molecule has 0 rings (SSSR count). The van der Waals surface area contributed by atoms with Crippen LogP contribution in [0.3, 0.4) is 0 Å². The predicted molar refractivity (Wildman–Crippen MR) is 36.1 cm³/mol. The molecule has 12 heavy (non-hydrogen) atoms. The van der Waals surface area contributed by atoms with Gasteiger partial charge in [-0.2, -0.15) is 0 Å². The topological polar surface area (TPSA) is 104 Å². The zero-order valence-electron chi connectivity index (χ0n) is 6.43. The number of ketones is 1. The fourth-order valence-corrected chi connectivity index (χ4v) is 0.519. The van der Waals surface area contributed by atoms with Crippen molar-refractivity contribution in [2.75, 3.05) is 13.7 Å². The molecular weight excluding hydrogens is 168 g/mol. The van der Waals surface area contributed by atoms with E-state index >= 15 is 0 Å². The first kappa shape index (κ1) is 11.0. The van der Waals surface area contributed by atoms with Gasteiger partial charge in [-0.25, -0.2) is 4.79 Å². The number of hydrogen-bond donors (Lipinski definition) is 3. The van der Waals surface area contributed by atoms with E-state index in [9.17, 15) is 9.59 Å². The average Bonchev–Trinajstić information content (AvgIpc) is 2.12. The minimum Gasteiger partial charge on any atom is -0.467 e. The molecule has 0 aromatic heterocycles. The minimum atomic E-state index is -1.94. The molecule has 0 heterocycles. The lowest BCUT2D eigenvalue weighted by Gasteiger charge is -2.12. The molecule has 0 radical (unpaired) electrons. The van der Waals surface area contributed by atoms with Crippen molar-refractivity contribution in [1.29, 1.82) is 0 Å². The van der Waals surface area contributed by atoms with Crippen LogP contribution < -0.4 is 0 Å². The molecule has 2 unspecified atom stereocenters. The molecule has 0 saturated carbocycles. The van der Waals surface area contributed by atoms with Gasteiger partial charge in [0.05, 0.1) is 7.11 Å². The summed E-state index contributed by atoms with van der Waals surface area (Å²) in [5.74, 6) is -2.16. The van der Waals surface area contributed by atoms with E-state index in [4.69, 9.17) is 15.3 Å². The van der Waals surface area contributed by atoms with Gasteiger partial charge in [0.15, 0.2) is 18.0 Å². The fourth-order valence-electron chi connectivity index (χ4n) is 0.519. The number of esters is 1. The number of aliphatic hydroxyl groups is 3. The summed E-state index contributed by atoms with van der Waals surface area (Å²) in [6.45, 7) is -0.935. The van der Waals surface area contributed by atoms with Crippen LogP contribution in [0.15, 0.2) is 0 Å². The number of rotatable bonds is 4. The van der Waals surface area contributed by atoms with Gasteiger partial charge in [0.1, 0.15) is 6.61 Å². The van der Waals surface area contributed by atoms with Crippen LogP contribution in [0.1, 0.15) is 0 Å². The highest BCUT2D eigenvalue weighted by molar-refractivity contribution is 5.90. The highest BCUT2D eigenvalue weighted by Gasteiger charge is 2.30. The van der Waals surface area contributed by atoms with Crippen LogP contribution >= 0.6 is 0 Å². The fraction of sp³-hybridized carbons (Fsp3) is 0.667. The van der Waals surface area contributed by atoms with E-state index in [1.54, 1.807) is 0 Å². The highest BCUT2D eigenvalue weighted by Crippen LogP contribution is 1.97. The molecule has 0 spiro atoms. The number of hydrogen-bond acceptors (Lipinski definition) is 6. The van der Waals surface area contributed by atoms with Gasteiger partial charge in [-0.1, -0.05) is 0 Å². The first-order chi connectivity index (χ1) is 5.54. The Hall–Kier alpha value is -0.980. The van der Waals surface area contributed by atoms with Crippen molar-refractivity contribution in [2.45, 2.75) is 12.2 Å². The molecule has 6 nitrogen and oxygen atoms in total. The van der Waals surface area contributed by atoms with E-state index < -0.39 is 30.6 Å². The van der Waals surface area contributed by atoms with Gasteiger partial charge < -0.3 is 20.1 Å². The van der Waals surface area contributed by atoms with Gasteiger partial charge in [-0.05, 0) is 0 Å². The monoisotopic (exact) mass is 178 g/mol. The van der Waals surface area contributed by atoms with Crippen molar-refractivity contribution >= 4 is 11.8 Å². The minimum absolute atomic E-state index is 0.935. The molecule has 0 aliphatic carbocycles. The number of Topliss-reactive ketones (excluding diaryl/α,β-unsaturated/α-hetero) is 1. The van der Waals surface area contributed by atoms with E-state index in [1.807, 2.05) is 0 Å². The van der Waals surface area contributed by atoms with E-state index in [1.165, 1.54) is 0 Å². The average molecular weight is 178 g/mol.